The quantitative estimate of drug-likeness (QED) is 0.822. The Bertz CT molecular complexity index is 772. The number of hydrogen-bond donors (Lipinski definition) is 2. The van der Waals surface area contributed by atoms with E-state index in [9.17, 15) is 9.59 Å². The van der Waals surface area contributed by atoms with Crippen molar-refractivity contribution >= 4 is 12.1 Å². The summed E-state index contributed by atoms with van der Waals surface area (Å²) >= 11 is 0. The van der Waals surface area contributed by atoms with Gasteiger partial charge in [-0.1, -0.05) is 55.5 Å². The Balaban J connectivity index is 1.63. The maximum Gasteiger partial charge on any atom is 0.407 e. The average molecular weight is 353 g/mol. The monoisotopic (exact) mass is 353 g/mol. The van der Waals surface area contributed by atoms with Gasteiger partial charge in [0.15, 0.2) is 0 Å². The first-order valence-corrected chi connectivity index (χ1v) is 8.81. The lowest BCUT2D eigenvalue weighted by Gasteiger charge is -2.18. The predicted octanol–water partition coefficient (Wildman–Crippen LogP) is 4.02. The SMILES string of the molecule is C[C@@H](C[C@H](C)C(=O)O)NC(=O)OCC1c2ccccc2-c2ccccc21. The molecule has 26 heavy (non-hydrogen) atoms. The molecular formula is C21H23NO4. The topological polar surface area (TPSA) is 75.6 Å². The van der Waals surface area contributed by atoms with Crippen molar-refractivity contribution in [3.63, 3.8) is 0 Å². The Morgan fingerprint density at radius 1 is 1.04 bits per heavy atom. The number of alkyl carbamates (subject to hydrolysis) is 1. The van der Waals surface area contributed by atoms with Crippen LogP contribution >= 0.6 is 0 Å². The zero-order chi connectivity index (χ0) is 18.7. The van der Waals surface area contributed by atoms with Crippen molar-refractivity contribution < 1.29 is 19.4 Å². The number of rotatable bonds is 6. The van der Waals surface area contributed by atoms with E-state index in [4.69, 9.17) is 9.84 Å². The van der Waals surface area contributed by atoms with Crippen LogP contribution in [0.3, 0.4) is 0 Å². The second-order valence-corrected chi connectivity index (χ2v) is 6.85. The van der Waals surface area contributed by atoms with Gasteiger partial charge < -0.3 is 15.2 Å². The molecule has 5 heteroatoms. The van der Waals surface area contributed by atoms with Gasteiger partial charge in [0, 0.05) is 12.0 Å². The summed E-state index contributed by atoms with van der Waals surface area (Å²) in [6.45, 7) is 3.65. The van der Waals surface area contributed by atoms with E-state index >= 15 is 0 Å². The summed E-state index contributed by atoms with van der Waals surface area (Å²) in [6.07, 6.45) is -0.156. The average Bonchev–Trinajstić information content (AvgIpc) is 2.93. The molecular weight excluding hydrogens is 330 g/mol. The molecule has 136 valence electrons. The number of carboxylic acid groups (broad SMARTS) is 1. The normalized spacial score (nSPS) is 14.8. The van der Waals surface area contributed by atoms with Crippen molar-refractivity contribution in [2.75, 3.05) is 6.61 Å². The number of fused-ring (bicyclic) bond motifs is 3. The zero-order valence-corrected chi connectivity index (χ0v) is 14.9. The van der Waals surface area contributed by atoms with E-state index < -0.39 is 18.0 Å². The number of carbonyl (C=O) groups is 2. The number of nitrogens with one attached hydrogen (secondary N) is 1. The summed E-state index contributed by atoms with van der Waals surface area (Å²) < 4.78 is 5.45. The molecule has 0 heterocycles. The van der Waals surface area contributed by atoms with Crippen molar-refractivity contribution in [2.45, 2.75) is 32.2 Å². The van der Waals surface area contributed by atoms with Crippen LogP contribution in [0, 0.1) is 5.92 Å². The number of amides is 1. The minimum atomic E-state index is -0.869. The van der Waals surface area contributed by atoms with Crippen molar-refractivity contribution in [1.82, 2.24) is 5.32 Å². The standard InChI is InChI=1S/C21H23NO4/c1-13(20(23)24)11-14(2)22-21(25)26-12-19-17-9-5-3-7-15(17)16-8-4-6-10-18(16)19/h3-10,13-14,19H,11-12H2,1-2H3,(H,22,25)(H,23,24)/t13-,14-/m0/s1. The van der Waals surface area contributed by atoms with Gasteiger partial charge in [0.1, 0.15) is 6.61 Å². The molecule has 0 saturated carbocycles. The Hall–Kier alpha value is -2.82. The molecule has 0 fully saturated rings. The summed E-state index contributed by atoms with van der Waals surface area (Å²) in [4.78, 5) is 23.0. The lowest BCUT2D eigenvalue weighted by Crippen LogP contribution is -2.35. The molecule has 5 nitrogen and oxygen atoms in total. The van der Waals surface area contributed by atoms with Crippen LogP contribution in [-0.2, 0) is 9.53 Å². The smallest absolute Gasteiger partial charge is 0.407 e. The molecule has 2 aromatic carbocycles. The largest absolute Gasteiger partial charge is 0.481 e. The molecule has 2 N–H and O–H groups in total. The minimum absolute atomic E-state index is 0.0152. The summed E-state index contributed by atoms with van der Waals surface area (Å²) in [6, 6.07) is 16.1. The van der Waals surface area contributed by atoms with Crippen molar-refractivity contribution in [3.8, 4) is 11.1 Å². The third-order valence-electron chi connectivity index (χ3n) is 4.84. The Labute approximate surface area is 153 Å². The summed E-state index contributed by atoms with van der Waals surface area (Å²) in [5.74, 6) is -1.37. The van der Waals surface area contributed by atoms with Crippen LogP contribution in [0.15, 0.2) is 48.5 Å². The maximum atomic E-state index is 12.1. The van der Waals surface area contributed by atoms with Crippen molar-refractivity contribution in [3.05, 3.63) is 59.7 Å². The summed E-state index contributed by atoms with van der Waals surface area (Å²) in [5, 5.41) is 11.7. The van der Waals surface area contributed by atoms with E-state index in [-0.39, 0.29) is 18.6 Å². The molecule has 0 saturated heterocycles. The second-order valence-electron chi connectivity index (χ2n) is 6.85. The second kappa shape index (κ2) is 7.60. The van der Waals surface area contributed by atoms with Gasteiger partial charge in [0.05, 0.1) is 5.92 Å². The lowest BCUT2D eigenvalue weighted by atomic mass is 9.98. The molecule has 0 aromatic heterocycles. The highest BCUT2D eigenvalue weighted by molar-refractivity contribution is 5.79. The number of carboxylic acids is 1. The highest BCUT2D eigenvalue weighted by Gasteiger charge is 2.29. The van der Waals surface area contributed by atoms with Crippen molar-refractivity contribution in [1.29, 1.82) is 0 Å². The highest BCUT2D eigenvalue weighted by Crippen LogP contribution is 2.44. The van der Waals surface area contributed by atoms with E-state index in [0.717, 1.165) is 11.1 Å². The van der Waals surface area contributed by atoms with Crippen LogP contribution in [0.25, 0.3) is 11.1 Å². The lowest BCUT2D eigenvalue weighted by molar-refractivity contribution is -0.141. The highest BCUT2D eigenvalue weighted by atomic mass is 16.5. The van der Waals surface area contributed by atoms with Crippen LogP contribution in [0.5, 0.6) is 0 Å². The zero-order valence-electron chi connectivity index (χ0n) is 14.9. The number of benzene rings is 2. The third kappa shape index (κ3) is 3.72. The first kappa shape index (κ1) is 18.0. The molecule has 0 aliphatic heterocycles. The number of hydrogen-bond acceptors (Lipinski definition) is 3. The van der Waals surface area contributed by atoms with Crippen LogP contribution in [0.2, 0.25) is 0 Å². The predicted molar refractivity (Wildman–Crippen MR) is 99.1 cm³/mol. The van der Waals surface area contributed by atoms with Gasteiger partial charge in [-0.05, 0) is 35.6 Å². The molecule has 1 aliphatic rings. The fourth-order valence-electron chi connectivity index (χ4n) is 3.53. The molecule has 0 spiro atoms. The van der Waals surface area contributed by atoms with E-state index in [1.807, 2.05) is 24.3 Å². The van der Waals surface area contributed by atoms with Gasteiger partial charge in [0.25, 0.3) is 0 Å². The molecule has 0 radical (unpaired) electrons. The number of ether oxygens (including phenoxy) is 1. The maximum absolute atomic E-state index is 12.1. The van der Waals surface area contributed by atoms with Gasteiger partial charge in [-0.25, -0.2) is 4.79 Å². The Kier molecular flexibility index (Phi) is 5.26. The first-order valence-electron chi connectivity index (χ1n) is 8.81. The van der Waals surface area contributed by atoms with Gasteiger partial charge in [-0.2, -0.15) is 0 Å². The molecule has 2 atom stereocenters. The van der Waals surface area contributed by atoms with E-state index in [1.54, 1.807) is 13.8 Å². The fraction of sp³-hybridized carbons (Fsp3) is 0.333. The van der Waals surface area contributed by atoms with Gasteiger partial charge >= 0.3 is 12.1 Å². The molecule has 2 aromatic rings. The molecule has 0 bridgehead atoms. The molecule has 0 unspecified atom stereocenters. The fourth-order valence-corrected chi connectivity index (χ4v) is 3.53. The molecule has 1 amide bonds. The number of aliphatic carboxylic acids is 1. The minimum Gasteiger partial charge on any atom is -0.481 e. The van der Waals surface area contributed by atoms with Crippen molar-refractivity contribution in [2.24, 2.45) is 5.92 Å². The summed E-state index contributed by atoms with van der Waals surface area (Å²) in [7, 11) is 0. The van der Waals surface area contributed by atoms with Crippen LogP contribution in [-0.4, -0.2) is 29.8 Å². The van der Waals surface area contributed by atoms with Crippen LogP contribution in [0.4, 0.5) is 4.79 Å². The summed E-state index contributed by atoms with van der Waals surface area (Å²) in [5.41, 5.74) is 4.68. The van der Waals surface area contributed by atoms with E-state index in [0.29, 0.717) is 6.42 Å². The molecule has 1 aliphatic carbocycles. The third-order valence-corrected chi connectivity index (χ3v) is 4.84. The van der Waals surface area contributed by atoms with Gasteiger partial charge in [-0.15, -0.1) is 0 Å². The first-order chi connectivity index (χ1) is 12.5. The number of carbonyl (C=O) groups excluding carboxylic acids is 1. The molecule has 3 rings (SSSR count). The van der Waals surface area contributed by atoms with Crippen LogP contribution < -0.4 is 5.32 Å². The Morgan fingerprint density at radius 2 is 1.58 bits per heavy atom. The Morgan fingerprint density at radius 3 is 2.12 bits per heavy atom. The van der Waals surface area contributed by atoms with E-state index in [1.165, 1.54) is 11.1 Å². The van der Waals surface area contributed by atoms with Gasteiger partial charge in [0.2, 0.25) is 0 Å². The van der Waals surface area contributed by atoms with E-state index in [2.05, 4.69) is 29.6 Å². The van der Waals surface area contributed by atoms with Crippen LogP contribution in [0.1, 0.15) is 37.3 Å². The van der Waals surface area contributed by atoms with Gasteiger partial charge in [-0.3, -0.25) is 4.79 Å².